The molecule has 7 heteroatoms. The molecule has 1 unspecified atom stereocenters. The van der Waals surface area contributed by atoms with Gasteiger partial charge in [-0.25, -0.2) is 4.79 Å². The van der Waals surface area contributed by atoms with Crippen LogP contribution in [0.2, 0.25) is 0 Å². The lowest BCUT2D eigenvalue weighted by Gasteiger charge is -2.48. The summed E-state index contributed by atoms with van der Waals surface area (Å²) < 4.78 is 11.9. The Morgan fingerprint density at radius 3 is 2.57 bits per heavy atom. The molecule has 1 aromatic carbocycles. The number of hydrogen-bond donors (Lipinski definition) is 1. The van der Waals surface area contributed by atoms with Crippen molar-refractivity contribution in [1.29, 1.82) is 0 Å². The molecule has 30 heavy (non-hydrogen) atoms. The molecule has 1 atom stereocenters. The van der Waals surface area contributed by atoms with Gasteiger partial charge in [-0.15, -0.1) is 0 Å². The topological polar surface area (TPSA) is 71.1 Å². The van der Waals surface area contributed by atoms with Crippen LogP contribution in [-0.4, -0.2) is 72.3 Å². The molecule has 4 rings (SSSR count). The van der Waals surface area contributed by atoms with Gasteiger partial charge in [0.2, 0.25) is 0 Å². The highest BCUT2D eigenvalue weighted by molar-refractivity contribution is 5.78. The first kappa shape index (κ1) is 21.0. The Bertz CT molecular complexity index is 729. The maximum atomic E-state index is 12.6. The third-order valence-electron chi connectivity index (χ3n) is 6.50. The van der Waals surface area contributed by atoms with Crippen LogP contribution in [-0.2, 0) is 9.53 Å². The Labute approximate surface area is 178 Å². The van der Waals surface area contributed by atoms with Crippen LogP contribution in [0.25, 0.3) is 0 Å². The third kappa shape index (κ3) is 4.89. The predicted octanol–water partition coefficient (Wildman–Crippen LogP) is 2.80. The Hall–Kier alpha value is -2.28. The van der Waals surface area contributed by atoms with Crippen molar-refractivity contribution in [3.8, 4) is 5.75 Å². The van der Waals surface area contributed by atoms with Gasteiger partial charge in [0.05, 0.1) is 5.60 Å². The van der Waals surface area contributed by atoms with Crippen LogP contribution in [0.1, 0.15) is 45.4 Å². The normalized spacial score (nSPS) is 23.1. The molecule has 0 bridgehead atoms. The molecule has 2 aliphatic heterocycles. The highest BCUT2D eigenvalue weighted by Gasteiger charge is 2.46. The lowest BCUT2D eigenvalue weighted by Crippen LogP contribution is -2.57. The van der Waals surface area contributed by atoms with Gasteiger partial charge in [0, 0.05) is 38.3 Å². The second kappa shape index (κ2) is 9.25. The van der Waals surface area contributed by atoms with Gasteiger partial charge in [-0.1, -0.05) is 18.2 Å². The Morgan fingerprint density at radius 2 is 1.90 bits per heavy atom. The van der Waals surface area contributed by atoms with E-state index in [4.69, 9.17) is 9.47 Å². The summed E-state index contributed by atoms with van der Waals surface area (Å²) in [5.41, 5.74) is -0.223. The molecule has 0 aromatic heterocycles. The molecular formula is C23H33N3O4. The van der Waals surface area contributed by atoms with E-state index in [1.807, 2.05) is 42.2 Å². The number of carbonyl (C=O) groups is 2. The summed E-state index contributed by atoms with van der Waals surface area (Å²) in [6.45, 7) is 4.70. The molecule has 3 amide bonds. The van der Waals surface area contributed by atoms with Crippen molar-refractivity contribution in [1.82, 2.24) is 15.1 Å². The number of nitrogens with zero attached hydrogens (tertiary/aromatic N) is 2. The van der Waals surface area contributed by atoms with Gasteiger partial charge >= 0.3 is 6.03 Å². The van der Waals surface area contributed by atoms with Gasteiger partial charge in [-0.05, 0) is 57.6 Å². The number of hydrogen-bond acceptors (Lipinski definition) is 4. The molecule has 2 heterocycles. The van der Waals surface area contributed by atoms with Gasteiger partial charge in [-0.2, -0.15) is 0 Å². The number of nitrogens with one attached hydrogen (secondary N) is 1. The summed E-state index contributed by atoms with van der Waals surface area (Å²) in [5, 5.41) is 2.98. The fraction of sp³-hybridized carbons (Fsp3) is 0.652. The Kier molecular flexibility index (Phi) is 6.46. The van der Waals surface area contributed by atoms with Crippen LogP contribution in [0.5, 0.6) is 5.75 Å². The smallest absolute Gasteiger partial charge is 0.317 e. The van der Waals surface area contributed by atoms with Gasteiger partial charge in [0.1, 0.15) is 5.75 Å². The van der Waals surface area contributed by atoms with Gasteiger partial charge < -0.3 is 24.6 Å². The van der Waals surface area contributed by atoms with Crippen molar-refractivity contribution in [2.24, 2.45) is 0 Å². The molecule has 1 saturated carbocycles. The summed E-state index contributed by atoms with van der Waals surface area (Å²) in [5.74, 6) is 0.728. The van der Waals surface area contributed by atoms with E-state index >= 15 is 0 Å². The van der Waals surface area contributed by atoms with Crippen LogP contribution < -0.4 is 10.1 Å². The number of ether oxygens (including phenoxy) is 2. The van der Waals surface area contributed by atoms with Gasteiger partial charge in [-0.3, -0.25) is 4.79 Å². The van der Waals surface area contributed by atoms with Crippen molar-refractivity contribution in [2.75, 3.05) is 32.8 Å². The second-order valence-electron chi connectivity index (χ2n) is 8.63. The molecule has 1 aliphatic carbocycles. The van der Waals surface area contributed by atoms with Crippen LogP contribution in [0.15, 0.2) is 30.3 Å². The van der Waals surface area contributed by atoms with Crippen molar-refractivity contribution >= 4 is 11.9 Å². The highest BCUT2D eigenvalue weighted by atomic mass is 16.5. The maximum absolute atomic E-state index is 12.6. The first-order valence-corrected chi connectivity index (χ1v) is 11.3. The second-order valence-corrected chi connectivity index (χ2v) is 8.63. The number of amides is 3. The average Bonchev–Trinajstić information content (AvgIpc) is 3.59. The van der Waals surface area contributed by atoms with Gasteiger partial charge in [0.15, 0.2) is 6.61 Å². The summed E-state index contributed by atoms with van der Waals surface area (Å²) >= 11 is 0. The number of piperidine rings is 1. The minimum Gasteiger partial charge on any atom is -0.484 e. The third-order valence-corrected chi connectivity index (χ3v) is 6.50. The van der Waals surface area contributed by atoms with Crippen molar-refractivity contribution in [2.45, 2.75) is 63.1 Å². The summed E-state index contributed by atoms with van der Waals surface area (Å²) in [7, 11) is 0. The number of para-hydroxylation sites is 1. The van der Waals surface area contributed by atoms with Gasteiger partial charge in [0.25, 0.3) is 5.91 Å². The molecule has 1 N–H and O–H groups in total. The molecule has 7 nitrogen and oxygen atoms in total. The SMILES string of the molecule is CCNC(=O)N(C1CC1)C1CCOC2(CCN(C(=O)COc3ccccc3)CC2)C1. The number of urea groups is 1. The molecule has 1 spiro atoms. The quantitative estimate of drug-likeness (QED) is 0.776. The largest absolute Gasteiger partial charge is 0.484 e. The first-order valence-electron chi connectivity index (χ1n) is 11.3. The van der Waals surface area contributed by atoms with E-state index in [-0.39, 0.29) is 30.2 Å². The van der Waals surface area contributed by atoms with Crippen molar-refractivity contribution in [3.05, 3.63) is 30.3 Å². The minimum absolute atomic E-state index is 0.0167. The van der Waals surface area contributed by atoms with E-state index in [1.54, 1.807) is 0 Å². The lowest BCUT2D eigenvalue weighted by molar-refractivity contribution is -0.149. The van der Waals surface area contributed by atoms with Crippen molar-refractivity contribution in [3.63, 3.8) is 0 Å². The molecule has 1 aromatic rings. The first-order chi connectivity index (χ1) is 14.6. The zero-order valence-corrected chi connectivity index (χ0v) is 17.8. The van der Waals surface area contributed by atoms with Crippen LogP contribution >= 0.6 is 0 Å². The standard InChI is InChI=1S/C23H33N3O4/c1-2-24-22(28)26(18-8-9-18)19-10-15-30-23(16-19)11-13-25(14-12-23)21(27)17-29-20-6-4-3-5-7-20/h3-7,18-19H,2,8-17H2,1H3,(H,24,28). The summed E-state index contributed by atoms with van der Waals surface area (Å²) in [6, 6.07) is 10.1. The van der Waals surface area contributed by atoms with E-state index in [0.29, 0.717) is 38.0 Å². The summed E-state index contributed by atoms with van der Waals surface area (Å²) in [6.07, 6.45) is 5.59. The molecular weight excluding hydrogens is 382 g/mol. The number of benzene rings is 1. The van der Waals surface area contributed by atoms with Crippen LogP contribution in [0.3, 0.4) is 0 Å². The Morgan fingerprint density at radius 1 is 1.17 bits per heavy atom. The maximum Gasteiger partial charge on any atom is 0.317 e. The average molecular weight is 416 g/mol. The van der Waals surface area contributed by atoms with E-state index in [2.05, 4.69) is 10.2 Å². The fourth-order valence-corrected chi connectivity index (χ4v) is 4.73. The zero-order chi connectivity index (χ0) is 21.0. The highest BCUT2D eigenvalue weighted by Crippen LogP contribution is 2.40. The fourth-order valence-electron chi connectivity index (χ4n) is 4.73. The molecule has 0 radical (unpaired) electrons. The van der Waals surface area contributed by atoms with Crippen LogP contribution in [0, 0.1) is 0 Å². The van der Waals surface area contributed by atoms with E-state index in [1.165, 1.54) is 0 Å². The Balaban J connectivity index is 1.30. The molecule has 3 aliphatic rings. The predicted molar refractivity (Wildman–Crippen MR) is 113 cm³/mol. The molecule has 164 valence electrons. The zero-order valence-electron chi connectivity index (χ0n) is 17.8. The summed E-state index contributed by atoms with van der Waals surface area (Å²) in [4.78, 5) is 29.2. The van der Waals surface area contributed by atoms with Crippen molar-refractivity contribution < 1.29 is 19.1 Å². The minimum atomic E-state index is -0.223. The molecule has 3 fully saturated rings. The number of carbonyl (C=O) groups excluding carboxylic acids is 2. The lowest BCUT2D eigenvalue weighted by atomic mass is 9.81. The number of rotatable bonds is 6. The van der Waals surface area contributed by atoms with E-state index in [9.17, 15) is 9.59 Å². The van der Waals surface area contributed by atoms with E-state index < -0.39 is 0 Å². The monoisotopic (exact) mass is 415 g/mol. The van der Waals surface area contributed by atoms with E-state index in [0.717, 1.165) is 38.5 Å². The van der Waals surface area contributed by atoms with Crippen LogP contribution in [0.4, 0.5) is 4.79 Å². The molecule has 2 saturated heterocycles. The number of likely N-dealkylation sites (tertiary alicyclic amines) is 1.